The van der Waals surface area contributed by atoms with Crippen LogP contribution in [0.15, 0.2) is 48.5 Å². The maximum absolute atomic E-state index is 11.8. The molecule has 0 aliphatic heterocycles. The van der Waals surface area contributed by atoms with E-state index in [2.05, 4.69) is 10.6 Å². The highest BCUT2D eigenvalue weighted by Crippen LogP contribution is 2.14. The molecule has 2 rings (SSSR count). The summed E-state index contributed by atoms with van der Waals surface area (Å²) in [7, 11) is 0. The number of rotatable bonds is 7. The van der Waals surface area contributed by atoms with Crippen LogP contribution in [0.3, 0.4) is 0 Å². The molecule has 0 saturated heterocycles. The summed E-state index contributed by atoms with van der Waals surface area (Å²) < 4.78 is 4.88. The number of carbonyl (C=O) groups excluding carboxylic acids is 3. The van der Waals surface area contributed by atoms with Gasteiger partial charge in [0, 0.05) is 22.8 Å². The molecule has 26 heavy (non-hydrogen) atoms. The number of esters is 1. The lowest BCUT2D eigenvalue weighted by Gasteiger charge is -2.09. The van der Waals surface area contributed by atoms with Gasteiger partial charge in [0.1, 0.15) is 0 Å². The van der Waals surface area contributed by atoms with Crippen LogP contribution in [0.1, 0.15) is 18.4 Å². The predicted molar refractivity (Wildman–Crippen MR) is 100 cm³/mol. The zero-order valence-corrected chi connectivity index (χ0v) is 15.0. The van der Waals surface area contributed by atoms with Gasteiger partial charge < -0.3 is 15.4 Å². The molecule has 0 aliphatic carbocycles. The van der Waals surface area contributed by atoms with Crippen LogP contribution in [0.5, 0.6) is 0 Å². The van der Waals surface area contributed by atoms with E-state index in [0.717, 1.165) is 5.56 Å². The molecule has 7 heteroatoms. The van der Waals surface area contributed by atoms with Gasteiger partial charge in [-0.1, -0.05) is 29.8 Å². The molecule has 2 aromatic rings. The normalized spacial score (nSPS) is 10.1. The first-order valence-electron chi connectivity index (χ1n) is 8.00. The van der Waals surface area contributed by atoms with Crippen molar-refractivity contribution in [2.24, 2.45) is 0 Å². The molecule has 6 nitrogen and oxygen atoms in total. The fraction of sp³-hybridized carbons (Fsp3) is 0.211. The Morgan fingerprint density at radius 2 is 1.62 bits per heavy atom. The number of halogens is 1. The van der Waals surface area contributed by atoms with E-state index in [9.17, 15) is 14.4 Å². The Morgan fingerprint density at radius 3 is 2.31 bits per heavy atom. The summed E-state index contributed by atoms with van der Waals surface area (Å²) >= 11 is 5.76. The molecule has 2 amide bonds. The van der Waals surface area contributed by atoms with E-state index >= 15 is 0 Å². The standard InChI is InChI=1S/C19H19ClN2O4/c1-13-4-2-3-5-16(13)22-18(24)12-26-19(25)11-10-17(23)21-15-8-6-14(20)7-9-15/h2-9H,10-12H2,1H3,(H,21,23)(H,22,24). The monoisotopic (exact) mass is 374 g/mol. The van der Waals surface area contributed by atoms with Crippen LogP contribution in [0.4, 0.5) is 11.4 Å². The van der Waals surface area contributed by atoms with Gasteiger partial charge in [-0.2, -0.15) is 0 Å². The lowest BCUT2D eigenvalue weighted by atomic mass is 10.2. The zero-order chi connectivity index (χ0) is 18.9. The third kappa shape index (κ3) is 6.57. The van der Waals surface area contributed by atoms with E-state index in [4.69, 9.17) is 16.3 Å². The third-order valence-electron chi connectivity index (χ3n) is 3.47. The van der Waals surface area contributed by atoms with Gasteiger partial charge in [0.25, 0.3) is 5.91 Å². The number of hydrogen-bond donors (Lipinski definition) is 2. The van der Waals surface area contributed by atoms with Crippen molar-refractivity contribution >= 4 is 40.8 Å². The van der Waals surface area contributed by atoms with E-state index in [1.54, 1.807) is 36.4 Å². The molecule has 0 radical (unpaired) electrons. The van der Waals surface area contributed by atoms with Crippen molar-refractivity contribution in [3.05, 3.63) is 59.1 Å². The number of nitrogens with one attached hydrogen (secondary N) is 2. The number of amides is 2. The van der Waals surface area contributed by atoms with Crippen molar-refractivity contribution in [2.45, 2.75) is 19.8 Å². The minimum Gasteiger partial charge on any atom is -0.456 e. The average molecular weight is 375 g/mol. The molecule has 0 heterocycles. The molecule has 2 aromatic carbocycles. The van der Waals surface area contributed by atoms with E-state index in [-0.39, 0.29) is 18.7 Å². The summed E-state index contributed by atoms with van der Waals surface area (Å²) in [5.41, 5.74) is 2.16. The molecular weight excluding hydrogens is 356 g/mol. The maximum atomic E-state index is 11.8. The minimum absolute atomic E-state index is 0.0408. The van der Waals surface area contributed by atoms with Crippen molar-refractivity contribution in [3.8, 4) is 0 Å². The van der Waals surface area contributed by atoms with Crippen molar-refractivity contribution in [1.29, 1.82) is 0 Å². The van der Waals surface area contributed by atoms with Crippen molar-refractivity contribution < 1.29 is 19.1 Å². The molecule has 0 fully saturated rings. The largest absolute Gasteiger partial charge is 0.456 e. The van der Waals surface area contributed by atoms with Crippen molar-refractivity contribution in [1.82, 2.24) is 0 Å². The molecule has 136 valence electrons. The Bertz CT molecular complexity index is 790. The number of ether oxygens (including phenoxy) is 1. The van der Waals surface area contributed by atoms with Gasteiger partial charge in [-0.15, -0.1) is 0 Å². The molecule has 0 atom stereocenters. The topological polar surface area (TPSA) is 84.5 Å². The fourth-order valence-electron chi connectivity index (χ4n) is 2.09. The van der Waals surface area contributed by atoms with Crippen LogP contribution in [0, 0.1) is 6.92 Å². The quantitative estimate of drug-likeness (QED) is 0.726. The summed E-state index contributed by atoms with van der Waals surface area (Å²) in [5.74, 6) is -1.37. The first kappa shape index (κ1) is 19.5. The van der Waals surface area contributed by atoms with Crippen LogP contribution < -0.4 is 10.6 Å². The first-order valence-corrected chi connectivity index (χ1v) is 8.38. The SMILES string of the molecule is Cc1ccccc1NC(=O)COC(=O)CCC(=O)Nc1ccc(Cl)cc1. The Hall–Kier alpha value is -2.86. The molecular formula is C19H19ClN2O4. The molecule has 0 aliphatic rings. The van der Waals surface area contributed by atoms with E-state index in [1.807, 2.05) is 19.1 Å². The number of hydrogen-bond acceptors (Lipinski definition) is 4. The van der Waals surface area contributed by atoms with Crippen LogP contribution in [0.25, 0.3) is 0 Å². The molecule has 0 bridgehead atoms. The Labute approximate surface area is 156 Å². The fourth-order valence-corrected chi connectivity index (χ4v) is 2.22. The second-order valence-corrected chi connectivity index (χ2v) is 6.02. The molecule has 0 saturated carbocycles. The van der Waals surface area contributed by atoms with Crippen LogP contribution >= 0.6 is 11.6 Å². The van der Waals surface area contributed by atoms with Gasteiger partial charge in [0.15, 0.2) is 6.61 Å². The lowest BCUT2D eigenvalue weighted by Crippen LogP contribution is -2.22. The summed E-state index contributed by atoms with van der Waals surface area (Å²) in [6.45, 7) is 1.47. The highest BCUT2D eigenvalue weighted by atomic mass is 35.5. The maximum Gasteiger partial charge on any atom is 0.306 e. The Kier molecular flexibility index (Phi) is 7.17. The van der Waals surface area contributed by atoms with Gasteiger partial charge in [0.05, 0.1) is 6.42 Å². The number of anilines is 2. The van der Waals surface area contributed by atoms with Crippen LogP contribution in [0.2, 0.25) is 5.02 Å². The van der Waals surface area contributed by atoms with E-state index in [1.165, 1.54) is 0 Å². The summed E-state index contributed by atoms with van der Waals surface area (Å²) in [6.07, 6.45) is -0.155. The predicted octanol–water partition coefficient (Wildman–Crippen LogP) is 3.55. The summed E-state index contributed by atoms with van der Waals surface area (Å²) in [6, 6.07) is 13.9. The second kappa shape index (κ2) is 9.58. The first-order chi connectivity index (χ1) is 12.4. The summed E-state index contributed by atoms with van der Waals surface area (Å²) in [4.78, 5) is 35.3. The third-order valence-corrected chi connectivity index (χ3v) is 3.72. The van der Waals surface area contributed by atoms with E-state index in [0.29, 0.717) is 16.4 Å². The van der Waals surface area contributed by atoms with Crippen molar-refractivity contribution in [3.63, 3.8) is 0 Å². The molecule has 0 unspecified atom stereocenters. The van der Waals surface area contributed by atoms with Gasteiger partial charge >= 0.3 is 5.97 Å². The van der Waals surface area contributed by atoms with Gasteiger partial charge in [-0.3, -0.25) is 14.4 Å². The smallest absolute Gasteiger partial charge is 0.306 e. The highest BCUT2D eigenvalue weighted by Gasteiger charge is 2.11. The van der Waals surface area contributed by atoms with Crippen molar-refractivity contribution in [2.75, 3.05) is 17.2 Å². The number of carbonyl (C=O) groups is 3. The Morgan fingerprint density at radius 1 is 0.923 bits per heavy atom. The number of para-hydroxylation sites is 1. The Balaban J connectivity index is 1.68. The summed E-state index contributed by atoms with van der Waals surface area (Å²) in [5, 5.41) is 5.87. The highest BCUT2D eigenvalue weighted by molar-refractivity contribution is 6.30. The minimum atomic E-state index is -0.615. The zero-order valence-electron chi connectivity index (χ0n) is 14.3. The number of benzene rings is 2. The van der Waals surface area contributed by atoms with Gasteiger partial charge in [-0.05, 0) is 42.8 Å². The van der Waals surface area contributed by atoms with E-state index < -0.39 is 18.5 Å². The average Bonchev–Trinajstić information content (AvgIpc) is 2.62. The van der Waals surface area contributed by atoms with Gasteiger partial charge in [0.2, 0.25) is 5.91 Å². The molecule has 0 spiro atoms. The molecule has 0 aromatic heterocycles. The lowest BCUT2D eigenvalue weighted by molar-refractivity contribution is -0.147. The van der Waals surface area contributed by atoms with Gasteiger partial charge in [-0.25, -0.2) is 0 Å². The number of aryl methyl sites for hydroxylation is 1. The second-order valence-electron chi connectivity index (χ2n) is 5.58. The van der Waals surface area contributed by atoms with Crippen LogP contribution in [-0.4, -0.2) is 24.4 Å². The molecule has 2 N–H and O–H groups in total. The van der Waals surface area contributed by atoms with Crippen LogP contribution in [-0.2, 0) is 19.1 Å².